The van der Waals surface area contributed by atoms with Crippen molar-refractivity contribution in [2.75, 3.05) is 18.5 Å². The summed E-state index contributed by atoms with van der Waals surface area (Å²) in [6.07, 6.45) is 2.63. The third-order valence-corrected chi connectivity index (χ3v) is 6.68. The number of piperidine rings is 1. The van der Waals surface area contributed by atoms with E-state index in [2.05, 4.69) is 65.4 Å². The predicted molar refractivity (Wildman–Crippen MR) is 122 cm³/mol. The lowest BCUT2D eigenvalue weighted by atomic mass is 9.94. The van der Waals surface area contributed by atoms with Crippen LogP contribution in [0.2, 0.25) is 0 Å². The van der Waals surface area contributed by atoms with Crippen LogP contribution in [0.5, 0.6) is 0 Å². The SMILES string of the molecule is Brc1cccc2c3c([nH]c12)C1CCN(CC1)C3.Cl.NNc1ccccc1Br. The molecular formula is C20H23Br2ClN4. The van der Waals surface area contributed by atoms with Gasteiger partial charge in [0.15, 0.2) is 0 Å². The van der Waals surface area contributed by atoms with Crippen molar-refractivity contribution in [2.24, 2.45) is 5.84 Å². The van der Waals surface area contributed by atoms with Crippen molar-refractivity contribution in [1.29, 1.82) is 0 Å². The van der Waals surface area contributed by atoms with Crippen molar-refractivity contribution >= 4 is 60.9 Å². The summed E-state index contributed by atoms with van der Waals surface area (Å²) < 4.78 is 2.17. The van der Waals surface area contributed by atoms with Crippen LogP contribution in [0, 0.1) is 0 Å². The van der Waals surface area contributed by atoms with Gasteiger partial charge in [-0.15, -0.1) is 12.4 Å². The lowest BCUT2D eigenvalue weighted by Crippen LogP contribution is -2.28. The van der Waals surface area contributed by atoms with Crippen LogP contribution in [0.4, 0.5) is 5.69 Å². The van der Waals surface area contributed by atoms with Crippen LogP contribution >= 0.6 is 44.3 Å². The Bertz CT molecular complexity index is 919. The molecule has 0 radical (unpaired) electrons. The molecule has 0 atom stereocenters. The maximum atomic E-state index is 5.17. The summed E-state index contributed by atoms with van der Waals surface area (Å²) >= 11 is 6.96. The monoisotopic (exact) mass is 512 g/mol. The van der Waals surface area contributed by atoms with E-state index in [1.165, 1.54) is 47.0 Å². The molecule has 3 aliphatic rings. The van der Waals surface area contributed by atoms with E-state index in [1.54, 1.807) is 5.56 Å². The molecule has 0 amide bonds. The van der Waals surface area contributed by atoms with Gasteiger partial charge in [-0.2, -0.15) is 0 Å². The number of anilines is 1. The third kappa shape index (κ3) is 4.20. The number of fused-ring (bicyclic) bond motifs is 3. The summed E-state index contributed by atoms with van der Waals surface area (Å²) in [7, 11) is 0. The zero-order valence-electron chi connectivity index (χ0n) is 14.8. The topological polar surface area (TPSA) is 57.1 Å². The fourth-order valence-electron chi connectivity index (χ4n) is 3.96. The Kier molecular flexibility index (Phi) is 6.87. The molecule has 2 bridgehead atoms. The first-order valence-electron chi connectivity index (χ1n) is 8.90. The van der Waals surface area contributed by atoms with Crippen molar-refractivity contribution in [1.82, 2.24) is 9.88 Å². The van der Waals surface area contributed by atoms with E-state index in [1.807, 2.05) is 24.3 Å². The largest absolute Gasteiger partial charge is 0.357 e. The first-order chi connectivity index (χ1) is 12.7. The molecule has 0 aliphatic carbocycles. The number of hydrogen-bond donors (Lipinski definition) is 3. The second-order valence-electron chi connectivity index (χ2n) is 6.85. The lowest BCUT2D eigenvalue weighted by Gasteiger charge is -2.26. The number of rotatable bonds is 1. The number of nitrogen functional groups attached to an aromatic ring is 1. The van der Waals surface area contributed by atoms with E-state index >= 15 is 0 Å². The minimum atomic E-state index is 0. The van der Waals surface area contributed by atoms with Gasteiger partial charge in [0.25, 0.3) is 0 Å². The van der Waals surface area contributed by atoms with E-state index in [0.717, 1.165) is 22.6 Å². The van der Waals surface area contributed by atoms with E-state index in [4.69, 9.17) is 5.84 Å². The highest BCUT2D eigenvalue weighted by Crippen LogP contribution is 2.40. The molecule has 27 heavy (non-hydrogen) atoms. The van der Waals surface area contributed by atoms with Gasteiger partial charge in [0.2, 0.25) is 0 Å². The number of aromatic amines is 1. The van der Waals surface area contributed by atoms with Crippen LogP contribution < -0.4 is 11.3 Å². The van der Waals surface area contributed by atoms with Gasteiger partial charge in [0.05, 0.1) is 11.2 Å². The van der Waals surface area contributed by atoms with Crippen LogP contribution in [-0.4, -0.2) is 23.0 Å². The van der Waals surface area contributed by atoms with Gasteiger partial charge in [-0.05, 0) is 81.6 Å². The summed E-state index contributed by atoms with van der Waals surface area (Å²) in [4.78, 5) is 6.27. The van der Waals surface area contributed by atoms with Gasteiger partial charge in [-0.1, -0.05) is 24.3 Å². The Morgan fingerprint density at radius 3 is 2.37 bits per heavy atom. The summed E-state index contributed by atoms with van der Waals surface area (Å²) in [6.45, 7) is 3.66. The zero-order valence-corrected chi connectivity index (χ0v) is 18.8. The molecule has 2 aromatic carbocycles. The highest BCUT2D eigenvalue weighted by molar-refractivity contribution is 9.11. The molecule has 4 heterocycles. The standard InChI is InChI=1S/C14H15BrN2.C6H7BrN2.ClH/c15-12-3-1-2-10-11-8-17-6-4-9(5-7-17)13(11)16-14(10)12;7-5-3-1-2-4-6(5)9-8;/h1-3,9,16H,4-8H2;1-4,9H,8H2;1H. The molecule has 0 unspecified atom stereocenters. The Morgan fingerprint density at radius 2 is 1.70 bits per heavy atom. The molecule has 3 aromatic rings. The van der Waals surface area contributed by atoms with E-state index in [9.17, 15) is 0 Å². The average molecular weight is 515 g/mol. The van der Waals surface area contributed by atoms with Gasteiger partial charge in [-0.3, -0.25) is 10.7 Å². The van der Waals surface area contributed by atoms with E-state index < -0.39 is 0 Å². The summed E-state index contributed by atoms with van der Waals surface area (Å²) in [6, 6.07) is 14.2. The molecule has 4 N–H and O–H groups in total. The third-order valence-electron chi connectivity index (χ3n) is 5.33. The number of benzene rings is 2. The number of para-hydroxylation sites is 2. The van der Waals surface area contributed by atoms with Crippen molar-refractivity contribution < 1.29 is 0 Å². The van der Waals surface area contributed by atoms with Crippen molar-refractivity contribution in [3.63, 3.8) is 0 Å². The molecule has 1 fully saturated rings. The van der Waals surface area contributed by atoms with Crippen LogP contribution in [0.25, 0.3) is 10.9 Å². The van der Waals surface area contributed by atoms with Crippen LogP contribution in [-0.2, 0) is 6.54 Å². The van der Waals surface area contributed by atoms with Crippen molar-refractivity contribution in [2.45, 2.75) is 25.3 Å². The number of H-pyrrole nitrogens is 1. The van der Waals surface area contributed by atoms with Gasteiger partial charge in [0.1, 0.15) is 0 Å². The predicted octanol–water partition coefficient (Wildman–Crippen LogP) is 5.78. The van der Waals surface area contributed by atoms with Crippen LogP contribution in [0.15, 0.2) is 51.4 Å². The molecule has 6 rings (SSSR count). The number of halogens is 3. The first kappa shape index (κ1) is 20.7. The Balaban J connectivity index is 0.000000181. The molecule has 1 aromatic heterocycles. The number of aromatic nitrogens is 1. The molecule has 0 saturated carbocycles. The zero-order chi connectivity index (χ0) is 18.1. The summed E-state index contributed by atoms with van der Waals surface area (Å²) in [5, 5.41) is 1.41. The quantitative estimate of drug-likeness (QED) is 0.285. The lowest BCUT2D eigenvalue weighted by molar-refractivity contribution is 0.220. The second kappa shape index (κ2) is 8.97. The molecule has 0 spiro atoms. The second-order valence-corrected chi connectivity index (χ2v) is 8.56. The first-order valence-corrected chi connectivity index (χ1v) is 10.5. The summed E-state index contributed by atoms with van der Waals surface area (Å²) in [5.41, 5.74) is 7.78. The number of nitrogens with two attached hydrogens (primary N) is 1. The highest BCUT2D eigenvalue weighted by Gasteiger charge is 2.30. The molecular weight excluding hydrogens is 492 g/mol. The minimum Gasteiger partial charge on any atom is -0.357 e. The Morgan fingerprint density at radius 1 is 1.00 bits per heavy atom. The van der Waals surface area contributed by atoms with E-state index in [0.29, 0.717) is 0 Å². The number of nitrogens with zero attached hydrogens (tertiary/aromatic N) is 1. The van der Waals surface area contributed by atoms with E-state index in [-0.39, 0.29) is 12.4 Å². The highest BCUT2D eigenvalue weighted by atomic mass is 79.9. The number of hydrogen-bond acceptors (Lipinski definition) is 3. The van der Waals surface area contributed by atoms with Crippen molar-refractivity contribution in [3.05, 3.63) is 62.7 Å². The van der Waals surface area contributed by atoms with Gasteiger partial charge in [0, 0.05) is 32.5 Å². The number of nitrogens with one attached hydrogen (secondary N) is 2. The maximum absolute atomic E-state index is 5.17. The minimum absolute atomic E-state index is 0. The van der Waals surface area contributed by atoms with Crippen LogP contribution in [0.3, 0.4) is 0 Å². The van der Waals surface area contributed by atoms with Gasteiger partial charge < -0.3 is 10.4 Å². The smallest absolute Gasteiger partial charge is 0.0627 e. The summed E-state index contributed by atoms with van der Waals surface area (Å²) in [5.74, 6) is 5.92. The van der Waals surface area contributed by atoms with Gasteiger partial charge >= 0.3 is 0 Å². The molecule has 4 nitrogen and oxygen atoms in total. The maximum Gasteiger partial charge on any atom is 0.0627 e. The molecule has 3 aliphatic heterocycles. The number of hydrazine groups is 1. The van der Waals surface area contributed by atoms with Crippen molar-refractivity contribution in [3.8, 4) is 0 Å². The average Bonchev–Trinajstić information content (AvgIpc) is 2.84. The molecule has 1 saturated heterocycles. The fourth-order valence-corrected chi connectivity index (χ4v) is 4.82. The molecule has 144 valence electrons. The molecule has 7 heteroatoms. The normalized spacial score (nSPS) is 20.1. The fraction of sp³-hybridized carbons (Fsp3) is 0.300. The Labute approximate surface area is 182 Å². The van der Waals surface area contributed by atoms with Crippen LogP contribution in [0.1, 0.15) is 30.0 Å². The van der Waals surface area contributed by atoms with Gasteiger partial charge in [-0.25, -0.2) is 0 Å². The Hall–Kier alpha value is -1.05.